The molecule has 3 aliphatic heterocycles. The van der Waals surface area contributed by atoms with Crippen LogP contribution in [0.1, 0.15) is 59.3 Å². The van der Waals surface area contributed by atoms with E-state index >= 15 is 0 Å². The molecule has 0 aliphatic carbocycles. The van der Waals surface area contributed by atoms with Gasteiger partial charge in [0.1, 0.15) is 29.2 Å². The fourth-order valence-corrected chi connectivity index (χ4v) is 6.84. The van der Waals surface area contributed by atoms with E-state index in [1.54, 1.807) is 6.07 Å². The van der Waals surface area contributed by atoms with Crippen LogP contribution in [0, 0.1) is 12.7 Å². The predicted molar refractivity (Wildman–Crippen MR) is 165 cm³/mol. The second-order valence-corrected chi connectivity index (χ2v) is 12.9. The van der Waals surface area contributed by atoms with Crippen LogP contribution in [0.15, 0.2) is 60.7 Å². The molecule has 0 aromatic heterocycles. The molecule has 6 nitrogen and oxygen atoms in total. The summed E-state index contributed by atoms with van der Waals surface area (Å²) in [6.45, 7) is 4.08. The number of nitrogens with zero attached hydrogens (tertiary/aromatic N) is 1. The molecule has 0 saturated carbocycles. The standard InChI is InChI=1S/C33H38ClFN2O4S/c1-19-2-9-29(35)27(10-19)33-30(36)13-23(18-39-33)37-16-26(17-37)40-25-6-3-20(4-7-25)11-22-12-21(5-8-28(22)34)31-14-24(38)15-32(42)41-31/h2-10,12,23-24,26,30-33,38,42H,11,13-18,36H2,1H3/t23-,24?,30-,31+,32?,33?/m0/s1. The maximum Gasteiger partial charge on any atom is 0.129 e. The zero-order chi connectivity index (χ0) is 29.4. The van der Waals surface area contributed by atoms with E-state index in [0.717, 1.165) is 47.5 Å². The van der Waals surface area contributed by atoms with Crippen LogP contribution in [-0.2, 0) is 15.9 Å². The van der Waals surface area contributed by atoms with Crippen molar-refractivity contribution in [1.29, 1.82) is 0 Å². The molecular formula is C33H38ClFN2O4S. The molecule has 6 atom stereocenters. The average molecular weight is 613 g/mol. The lowest BCUT2D eigenvalue weighted by Gasteiger charge is -2.47. The fraction of sp³-hybridized carbons (Fsp3) is 0.455. The van der Waals surface area contributed by atoms with Crippen LogP contribution in [-0.4, -0.2) is 59.4 Å². The van der Waals surface area contributed by atoms with Crippen LogP contribution >= 0.6 is 24.2 Å². The van der Waals surface area contributed by atoms with Gasteiger partial charge in [-0.1, -0.05) is 53.6 Å². The monoisotopic (exact) mass is 612 g/mol. The van der Waals surface area contributed by atoms with E-state index in [1.165, 1.54) is 6.07 Å². The number of aliphatic hydroxyl groups is 1. The predicted octanol–water partition coefficient (Wildman–Crippen LogP) is 5.77. The number of hydrogen-bond donors (Lipinski definition) is 3. The van der Waals surface area contributed by atoms with Gasteiger partial charge in [-0.2, -0.15) is 0 Å². The van der Waals surface area contributed by atoms with Gasteiger partial charge in [-0.05, 0) is 60.7 Å². The molecule has 3 heterocycles. The summed E-state index contributed by atoms with van der Waals surface area (Å²) in [6, 6.07) is 19.1. The van der Waals surface area contributed by atoms with Gasteiger partial charge in [-0.15, -0.1) is 12.6 Å². The van der Waals surface area contributed by atoms with Crippen LogP contribution in [0.5, 0.6) is 5.75 Å². The molecule has 0 radical (unpaired) electrons. The molecule has 3 N–H and O–H groups in total. The molecule has 9 heteroatoms. The van der Waals surface area contributed by atoms with Gasteiger partial charge in [0.05, 0.1) is 18.8 Å². The SMILES string of the molecule is Cc1ccc(F)c(C2OC[C@@H](N3CC(Oc4ccc(Cc5cc([C@H]6CC(O)CC(S)O6)ccc5Cl)cc4)C3)C[C@@H]2N)c1. The van der Waals surface area contributed by atoms with Crippen LogP contribution in [0.25, 0.3) is 0 Å². The molecule has 3 fully saturated rings. The van der Waals surface area contributed by atoms with Gasteiger partial charge in [0.2, 0.25) is 0 Å². The normalized spacial score (nSPS) is 28.8. The quantitative estimate of drug-likeness (QED) is 0.294. The molecule has 3 unspecified atom stereocenters. The average Bonchev–Trinajstić information content (AvgIpc) is 2.93. The number of rotatable bonds is 7. The number of nitrogens with two attached hydrogens (primary N) is 1. The Balaban J connectivity index is 0.994. The smallest absolute Gasteiger partial charge is 0.129 e. The highest BCUT2D eigenvalue weighted by Crippen LogP contribution is 2.36. The number of ether oxygens (including phenoxy) is 3. The number of aliphatic hydroxyl groups excluding tert-OH is 1. The first-order valence-electron chi connectivity index (χ1n) is 14.6. The van der Waals surface area contributed by atoms with Gasteiger partial charge in [0.15, 0.2) is 0 Å². The van der Waals surface area contributed by atoms with Gasteiger partial charge < -0.3 is 25.1 Å². The van der Waals surface area contributed by atoms with Crippen molar-refractivity contribution >= 4 is 24.2 Å². The molecule has 3 saturated heterocycles. The summed E-state index contributed by atoms with van der Waals surface area (Å²) in [7, 11) is 0. The minimum Gasteiger partial charge on any atom is -0.488 e. The topological polar surface area (TPSA) is 77.2 Å². The van der Waals surface area contributed by atoms with Crippen LogP contribution in [0.4, 0.5) is 4.39 Å². The van der Waals surface area contributed by atoms with E-state index in [2.05, 4.69) is 35.7 Å². The molecule has 224 valence electrons. The van der Waals surface area contributed by atoms with Crippen molar-refractivity contribution in [2.24, 2.45) is 5.73 Å². The highest BCUT2D eigenvalue weighted by atomic mass is 35.5. The Kier molecular flexibility index (Phi) is 9.12. The summed E-state index contributed by atoms with van der Waals surface area (Å²) in [6.07, 6.45) is 1.59. The zero-order valence-corrected chi connectivity index (χ0v) is 25.3. The number of thiol groups is 1. The fourth-order valence-electron chi connectivity index (χ4n) is 6.26. The number of halogens is 2. The van der Waals surface area contributed by atoms with E-state index in [-0.39, 0.29) is 35.5 Å². The lowest BCUT2D eigenvalue weighted by Crippen LogP contribution is -2.61. The Bertz CT molecular complexity index is 1380. The van der Waals surface area contributed by atoms with E-state index in [0.29, 0.717) is 36.5 Å². The van der Waals surface area contributed by atoms with Gasteiger partial charge >= 0.3 is 0 Å². The van der Waals surface area contributed by atoms with Crippen molar-refractivity contribution < 1.29 is 23.7 Å². The van der Waals surface area contributed by atoms with Crippen molar-refractivity contribution in [3.05, 3.63) is 99.3 Å². The maximum absolute atomic E-state index is 14.4. The molecule has 3 aliphatic rings. The lowest BCUT2D eigenvalue weighted by atomic mass is 9.91. The van der Waals surface area contributed by atoms with E-state index in [4.69, 9.17) is 31.5 Å². The Morgan fingerprint density at radius 3 is 2.60 bits per heavy atom. The molecule has 0 amide bonds. The highest BCUT2D eigenvalue weighted by molar-refractivity contribution is 7.80. The van der Waals surface area contributed by atoms with E-state index in [1.807, 2.05) is 37.3 Å². The van der Waals surface area contributed by atoms with Crippen molar-refractivity contribution in [1.82, 2.24) is 4.90 Å². The third kappa shape index (κ3) is 6.81. The van der Waals surface area contributed by atoms with Crippen LogP contribution < -0.4 is 10.5 Å². The van der Waals surface area contributed by atoms with Crippen molar-refractivity contribution in [3.63, 3.8) is 0 Å². The van der Waals surface area contributed by atoms with Crippen LogP contribution in [0.3, 0.4) is 0 Å². The largest absolute Gasteiger partial charge is 0.488 e. The van der Waals surface area contributed by atoms with E-state index < -0.39 is 12.2 Å². The van der Waals surface area contributed by atoms with Gasteiger partial charge in [-0.3, -0.25) is 4.90 Å². The first kappa shape index (κ1) is 29.9. The Morgan fingerprint density at radius 1 is 1.07 bits per heavy atom. The minimum atomic E-state index is -0.420. The first-order chi connectivity index (χ1) is 20.2. The van der Waals surface area contributed by atoms with Gasteiger partial charge in [-0.25, -0.2) is 4.39 Å². The molecular weight excluding hydrogens is 575 g/mol. The lowest BCUT2D eigenvalue weighted by molar-refractivity contribution is -0.0914. The minimum absolute atomic E-state index is 0.103. The molecule has 0 bridgehead atoms. The highest BCUT2D eigenvalue weighted by Gasteiger charge is 2.40. The summed E-state index contributed by atoms with van der Waals surface area (Å²) in [5.41, 5.74) is 10.9. The number of hydrogen-bond acceptors (Lipinski definition) is 7. The third-order valence-corrected chi connectivity index (χ3v) is 9.30. The number of benzene rings is 3. The van der Waals surface area contributed by atoms with Crippen LogP contribution in [0.2, 0.25) is 5.02 Å². The Hall–Kier alpha value is -2.17. The molecule has 6 rings (SSSR count). The maximum atomic E-state index is 14.4. The first-order valence-corrected chi connectivity index (χ1v) is 15.5. The molecule has 3 aromatic carbocycles. The van der Waals surface area contributed by atoms with Crippen molar-refractivity contribution in [3.8, 4) is 5.75 Å². The van der Waals surface area contributed by atoms with E-state index in [9.17, 15) is 9.50 Å². The molecule has 42 heavy (non-hydrogen) atoms. The summed E-state index contributed by atoms with van der Waals surface area (Å²) >= 11 is 11.0. The summed E-state index contributed by atoms with van der Waals surface area (Å²) in [5.74, 6) is 0.570. The summed E-state index contributed by atoms with van der Waals surface area (Å²) in [5, 5.41) is 10.8. The third-order valence-electron chi connectivity index (χ3n) is 8.60. The van der Waals surface area contributed by atoms with Crippen molar-refractivity contribution in [2.75, 3.05) is 19.7 Å². The summed E-state index contributed by atoms with van der Waals surface area (Å²) < 4.78 is 32.7. The number of aryl methyl sites for hydroxylation is 1. The summed E-state index contributed by atoms with van der Waals surface area (Å²) in [4.78, 5) is 2.33. The van der Waals surface area contributed by atoms with Gasteiger partial charge in [0, 0.05) is 48.6 Å². The Morgan fingerprint density at radius 2 is 1.86 bits per heavy atom. The van der Waals surface area contributed by atoms with Gasteiger partial charge in [0.25, 0.3) is 0 Å². The zero-order valence-electron chi connectivity index (χ0n) is 23.7. The molecule has 3 aromatic rings. The second kappa shape index (κ2) is 12.8. The second-order valence-electron chi connectivity index (χ2n) is 11.9. The molecule has 0 spiro atoms. The number of likely N-dealkylation sites (tertiary alicyclic amines) is 1. The Labute approximate surface area is 257 Å². The van der Waals surface area contributed by atoms with Crippen molar-refractivity contribution in [2.45, 2.75) is 74.5 Å².